The van der Waals surface area contributed by atoms with Crippen LogP contribution in [0.4, 0.5) is 0 Å². The summed E-state index contributed by atoms with van der Waals surface area (Å²) in [5.41, 5.74) is 0.787. The van der Waals surface area contributed by atoms with E-state index in [2.05, 4.69) is 4.98 Å². The summed E-state index contributed by atoms with van der Waals surface area (Å²) in [5.74, 6) is 0.522. The van der Waals surface area contributed by atoms with Crippen molar-refractivity contribution in [1.29, 1.82) is 0 Å². The van der Waals surface area contributed by atoms with E-state index in [1.165, 1.54) is 6.26 Å². The van der Waals surface area contributed by atoms with Gasteiger partial charge in [-0.1, -0.05) is 6.07 Å². The summed E-state index contributed by atoms with van der Waals surface area (Å²) in [6.07, 6.45) is 3.08. The first-order valence-electron chi connectivity index (χ1n) is 4.14. The van der Waals surface area contributed by atoms with Gasteiger partial charge < -0.3 is 14.5 Å². The zero-order chi connectivity index (χ0) is 9.97. The lowest BCUT2D eigenvalue weighted by Gasteiger charge is -2.03. The van der Waals surface area contributed by atoms with Crippen LogP contribution in [0.15, 0.2) is 41.1 Å². The van der Waals surface area contributed by atoms with Crippen molar-refractivity contribution in [3.8, 4) is 11.5 Å². The zero-order valence-corrected chi connectivity index (χ0v) is 7.29. The minimum absolute atomic E-state index is 0.336. The minimum atomic E-state index is -1.54. The highest BCUT2D eigenvalue weighted by Crippen LogP contribution is 2.14. The third-order valence-corrected chi connectivity index (χ3v) is 1.87. The Hall–Kier alpha value is -1.59. The SMILES string of the molecule is OB(O)c1cccnc1-c1ccco1. The molecule has 5 heteroatoms. The third-order valence-electron chi connectivity index (χ3n) is 1.87. The maximum Gasteiger partial charge on any atom is 0.490 e. The molecule has 2 aromatic heterocycles. The molecule has 70 valence electrons. The van der Waals surface area contributed by atoms with E-state index in [1.54, 1.807) is 30.5 Å². The van der Waals surface area contributed by atoms with Gasteiger partial charge in [-0.15, -0.1) is 0 Å². The maximum atomic E-state index is 9.08. The summed E-state index contributed by atoms with van der Waals surface area (Å²) >= 11 is 0. The number of hydrogen-bond donors (Lipinski definition) is 2. The highest BCUT2D eigenvalue weighted by Gasteiger charge is 2.18. The van der Waals surface area contributed by atoms with Crippen LogP contribution in [-0.4, -0.2) is 22.2 Å². The molecule has 2 heterocycles. The third kappa shape index (κ3) is 1.55. The predicted octanol–water partition coefficient (Wildman–Crippen LogP) is 0.0214. The largest absolute Gasteiger partial charge is 0.490 e. The number of hydrogen-bond acceptors (Lipinski definition) is 4. The van der Waals surface area contributed by atoms with Crippen LogP contribution in [0.3, 0.4) is 0 Å². The molecule has 14 heavy (non-hydrogen) atoms. The van der Waals surface area contributed by atoms with E-state index in [1.807, 2.05) is 0 Å². The summed E-state index contributed by atoms with van der Waals surface area (Å²) in [5, 5.41) is 18.2. The standard InChI is InChI=1S/C9H8BNO3/c12-10(13)7-3-1-5-11-9(7)8-4-2-6-14-8/h1-6,12-13H. The molecular weight excluding hydrogens is 181 g/mol. The van der Waals surface area contributed by atoms with Crippen LogP contribution in [0.2, 0.25) is 0 Å². The lowest BCUT2D eigenvalue weighted by Crippen LogP contribution is -2.32. The molecule has 0 aliphatic rings. The lowest BCUT2D eigenvalue weighted by atomic mass is 9.78. The van der Waals surface area contributed by atoms with Gasteiger partial charge in [-0.2, -0.15) is 0 Å². The van der Waals surface area contributed by atoms with E-state index in [9.17, 15) is 0 Å². The summed E-state index contributed by atoms with van der Waals surface area (Å²) in [7, 11) is -1.54. The van der Waals surface area contributed by atoms with Gasteiger partial charge in [0.05, 0.1) is 6.26 Å². The van der Waals surface area contributed by atoms with Crippen LogP contribution in [0.25, 0.3) is 11.5 Å². The Bertz CT molecular complexity index is 414. The van der Waals surface area contributed by atoms with Gasteiger partial charge in [0.1, 0.15) is 5.69 Å². The van der Waals surface area contributed by atoms with Gasteiger partial charge in [0.25, 0.3) is 0 Å². The molecule has 0 aliphatic heterocycles. The molecule has 0 saturated heterocycles. The second-order valence-corrected chi connectivity index (χ2v) is 2.79. The van der Waals surface area contributed by atoms with E-state index in [0.717, 1.165) is 0 Å². The molecule has 0 aliphatic carbocycles. The first-order chi connectivity index (χ1) is 6.79. The van der Waals surface area contributed by atoms with E-state index < -0.39 is 7.12 Å². The molecule has 0 radical (unpaired) electrons. The van der Waals surface area contributed by atoms with Crippen molar-refractivity contribution in [2.75, 3.05) is 0 Å². The van der Waals surface area contributed by atoms with Gasteiger partial charge in [0.15, 0.2) is 5.76 Å². The molecule has 0 fully saturated rings. The second-order valence-electron chi connectivity index (χ2n) is 2.79. The average molecular weight is 189 g/mol. The molecule has 0 aromatic carbocycles. The van der Waals surface area contributed by atoms with E-state index >= 15 is 0 Å². The van der Waals surface area contributed by atoms with Crippen LogP contribution < -0.4 is 5.46 Å². The molecule has 0 unspecified atom stereocenters. The fourth-order valence-electron chi connectivity index (χ4n) is 1.25. The Labute approximate surface area is 81.0 Å². The van der Waals surface area contributed by atoms with Gasteiger partial charge in [0.2, 0.25) is 0 Å². The Morgan fingerprint density at radius 3 is 2.71 bits per heavy atom. The molecule has 0 atom stereocenters. The van der Waals surface area contributed by atoms with Gasteiger partial charge in [0, 0.05) is 11.7 Å². The van der Waals surface area contributed by atoms with Gasteiger partial charge in [-0.3, -0.25) is 4.98 Å². The smallest absolute Gasteiger partial charge is 0.463 e. The first kappa shape index (κ1) is 8.99. The Morgan fingerprint density at radius 1 is 1.21 bits per heavy atom. The Morgan fingerprint density at radius 2 is 2.07 bits per heavy atom. The predicted molar refractivity (Wildman–Crippen MR) is 51.8 cm³/mol. The summed E-state index contributed by atoms with van der Waals surface area (Å²) in [6.45, 7) is 0. The van der Waals surface area contributed by atoms with Crippen LogP contribution in [-0.2, 0) is 0 Å². The number of aromatic nitrogens is 1. The zero-order valence-electron chi connectivity index (χ0n) is 7.29. The molecule has 2 N–H and O–H groups in total. The van der Waals surface area contributed by atoms with Gasteiger partial charge in [-0.25, -0.2) is 0 Å². The van der Waals surface area contributed by atoms with Crippen molar-refractivity contribution < 1.29 is 14.5 Å². The number of pyridine rings is 1. The number of nitrogens with zero attached hydrogens (tertiary/aromatic N) is 1. The highest BCUT2D eigenvalue weighted by atomic mass is 16.4. The quantitative estimate of drug-likeness (QED) is 0.653. The van der Waals surface area contributed by atoms with E-state index in [4.69, 9.17) is 14.5 Å². The summed E-state index contributed by atoms with van der Waals surface area (Å²) in [4.78, 5) is 4.03. The van der Waals surface area contributed by atoms with Crippen LogP contribution in [0, 0.1) is 0 Å². The van der Waals surface area contributed by atoms with Crippen LogP contribution >= 0.6 is 0 Å². The number of furan rings is 1. The lowest BCUT2D eigenvalue weighted by molar-refractivity contribution is 0.425. The van der Waals surface area contributed by atoms with E-state index in [-0.39, 0.29) is 0 Å². The summed E-state index contributed by atoms with van der Waals surface area (Å²) in [6, 6.07) is 6.67. The molecule has 0 bridgehead atoms. The fourth-order valence-corrected chi connectivity index (χ4v) is 1.25. The molecule has 0 saturated carbocycles. The van der Waals surface area contributed by atoms with Gasteiger partial charge in [-0.05, 0) is 18.2 Å². The van der Waals surface area contributed by atoms with Crippen molar-refractivity contribution in [1.82, 2.24) is 4.98 Å². The molecule has 0 spiro atoms. The van der Waals surface area contributed by atoms with Crippen LogP contribution in [0.1, 0.15) is 0 Å². The molecule has 2 rings (SSSR count). The fraction of sp³-hybridized carbons (Fsp3) is 0. The average Bonchev–Trinajstić information content (AvgIpc) is 2.70. The highest BCUT2D eigenvalue weighted by molar-refractivity contribution is 6.60. The summed E-state index contributed by atoms with van der Waals surface area (Å²) < 4.78 is 5.13. The molecular formula is C9H8BNO3. The van der Waals surface area contributed by atoms with Crippen molar-refractivity contribution >= 4 is 12.6 Å². The van der Waals surface area contributed by atoms with Gasteiger partial charge >= 0.3 is 7.12 Å². The van der Waals surface area contributed by atoms with Crippen molar-refractivity contribution in [2.24, 2.45) is 0 Å². The van der Waals surface area contributed by atoms with Crippen molar-refractivity contribution in [3.05, 3.63) is 36.7 Å². The van der Waals surface area contributed by atoms with E-state index in [0.29, 0.717) is 16.9 Å². The topological polar surface area (TPSA) is 66.5 Å². The normalized spacial score (nSPS) is 10.1. The number of rotatable bonds is 2. The van der Waals surface area contributed by atoms with Crippen LogP contribution in [0.5, 0.6) is 0 Å². The monoisotopic (exact) mass is 189 g/mol. The maximum absolute atomic E-state index is 9.08. The molecule has 0 amide bonds. The first-order valence-corrected chi connectivity index (χ1v) is 4.14. The second kappa shape index (κ2) is 3.65. The Balaban J connectivity index is 2.53. The van der Waals surface area contributed by atoms with Crippen molar-refractivity contribution in [3.63, 3.8) is 0 Å². The molecule has 4 nitrogen and oxygen atoms in total. The molecule has 2 aromatic rings. The van der Waals surface area contributed by atoms with Crippen molar-refractivity contribution in [2.45, 2.75) is 0 Å². The minimum Gasteiger partial charge on any atom is -0.463 e. The Kier molecular flexibility index (Phi) is 2.34.